The van der Waals surface area contributed by atoms with E-state index in [1.807, 2.05) is 0 Å². The van der Waals surface area contributed by atoms with Crippen molar-refractivity contribution in [2.75, 3.05) is 11.9 Å². The molecule has 1 aromatic heterocycles. The average Bonchev–Trinajstić information content (AvgIpc) is 2.78. The fraction of sp³-hybridized carbons (Fsp3) is 0.667. The molecule has 1 aromatic rings. The molecular formula is C9H12F3N5O. The molecule has 1 unspecified atom stereocenters. The number of piperidine rings is 1. The minimum Gasteiger partial charge on any atom is -0.306 e. The number of hydrogen-bond donors (Lipinski definition) is 3. The highest BCUT2D eigenvalue weighted by atomic mass is 19.4. The van der Waals surface area contributed by atoms with E-state index in [4.69, 9.17) is 0 Å². The Morgan fingerprint density at radius 2 is 2.17 bits per heavy atom. The van der Waals surface area contributed by atoms with Crippen LogP contribution in [0.2, 0.25) is 0 Å². The van der Waals surface area contributed by atoms with E-state index in [-0.39, 0.29) is 5.95 Å². The van der Waals surface area contributed by atoms with Gasteiger partial charge in [-0.1, -0.05) is 6.42 Å². The van der Waals surface area contributed by atoms with E-state index in [9.17, 15) is 18.0 Å². The lowest BCUT2D eigenvalue weighted by atomic mass is 10.0. The van der Waals surface area contributed by atoms with Crippen LogP contribution in [0.5, 0.6) is 0 Å². The van der Waals surface area contributed by atoms with Gasteiger partial charge in [0.25, 0.3) is 0 Å². The molecule has 9 heteroatoms. The van der Waals surface area contributed by atoms with E-state index in [0.29, 0.717) is 6.42 Å². The number of aromatic amines is 1. The molecule has 18 heavy (non-hydrogen) atoms. The predicted molar refractivity (Wildman–Crippen MR) is 55.7 cm³/mol. The van der Waals surface area contributed by atoms with Gasteiger partial charge in [-0.05, 0) is 19.4 Å². The highest BCUT2D eigenvalue weighted by Gasteiger charge is 2.35. The van der Waals surface area contributed by atoms with Crippen molar-refractivity contribution in [1.82, 2.24) is 20.5 Å². The monoisotopic (exact) mass is 263 g/mol. The zero-order valence-corrected chi connectivity index (χ0v) is 9.34. The average molecular weight is 263 g/mol. The van der Waals surface area contributed by atoms with E-state index < -0.39 is 23.9 Å². The number of aromatic nitrogens is 3. The summed E-state index contributed by atoms with van der Waals surface area (Å²) < 4.78 is 36.7. The molecule has 100 valence electrons. The summed E-state index contributed by atoms with van der Waals surface area (Å²) in [7, 11) is 0. The minimum atomic E-state index is -4.60. The molecule has 1 saturated heterocycles. The number of nitrogens with one attached hydrogen (secondary N) is 3. The Hall–Kier alpha value is -1.64. The number of H-pyrrole nitrogens is 1. The molecule has 1 aliphatic rings. The van der Waals surface area contributed by atoms with Crippen LogP contribution in [0.25, 0.3) is 0 Å². The molecule has 0 aromatic carbocycles. The maximum Gasteiger partial charge on any atom is 0.451 e. The van der Waals surface area contributed by atoms with Crippen LogP contribution in [0.15, 0.2) is 0 Å². The van der Waals surface area contributed by atoms with E-state index in [2.05, 4.69) is 20.7 Å². The summed E-state index contributed by atoms with van der Waals surface area (Å²) >= 11 is 0. The number of nitrogens with zero attached hydrogens (tertiary/aromatic N) is 2. The second-order valence-corrected chi connectivity index (χ2v) is 4.00. The first-order valence-electron chi connectivity index (χ1n) is 5.50. The predicted octanol–water partition coefficient (Wildman–Crippen LogP) is 0.904. The lowest BCUT2D eigenvalue weighted by Crippen LogP contribution is -2.43. The van der Waals surface area contributed by atoms with Gasteiger partial charge in [0.1, 0.15) is 0 Å². The Bertz CT molecular complexity index is 424. The van der Waals surface area contributed by atoms with Gasteiger partial charge < -0.3 is 5.32 Å². The maximum atomic E-state index is 12.2. The van der Waals surface area contributed by atoms with Gasteiger partial charge in [-0.25, -0.2) is 0 Å². The highest BCUT2D eigenvalue weighted by molar-refractivity contribution is 5.93. The lowest BCUT2D eigenvalue weighted by Gasteiger charge is -2.21. The summed E-state index contributed by atoms with van der Waals surface area (Å²) in [6.45, 7) is 0.722. The summed E-state index contributed by atoms with van der Waals surface area (Å²) in [5.41, 5.74) is 0. The minimum absolute atomic E-state index is 0.361. The molecule has 1 atom stereocenters. The van der Waals surface area contributed by atoms with E-state index >= 15 is 0 Å². The molecule has 0 bridgehead atoms. The third kappa shape index (κ3) is 2.97. The molecule has 1 fully saturated rings. The number of amides is 1. The molecule has 0 radical (unpaired) electrons. The van der Waals surface area contributed by atoms with Gasteiger partial charge in [0, 0.05) is 0 Å². The number of halogens is 3. The van der Waals surface area contributed by atoms with Crippen LogP contribution in [0.1, 0.15) is 25.1 Å². The summed E-state index contributed by atoms with van der Waals surface area (Å²) in [6, 6.07) is -0.397. The van der Waals surface area contributed by atoms with Crippen LogP contribution in [-0.4, -0.2) is 33.7 Å². The van der Waals surface area contributed by atoms with Crippen molar-refractivity contribution in [3.05, 3.63) is 5.82 Å². The van der Waals surface area contributed by atoms with Gasteiger partial charge >= 0.3 is 6.18 Å². The Kier molecular flexibility index (Phi) is 3.50. The zero-order chi connectivity index (χ0) is 13.2. The first-order chi connectivity index (χ1) is 8.47. The lowest BCUT2D eigenvalue weighted by molar-refractivity contribution is -0.144. The Balaban J connectivity index is 1.96. The van der Waals surface area contributed by atoms with Crippen molar-refractivity contribution in [2.24, 2.45) is 0 Å². The van der Waals surface area contributed by atoms with Gasteiger partial charge in [0.2, 0.25) is 17.7 Å². The SMILES string of the molecule is O=C(Nc1n[nH]c(C(F)(F)F)n1)C1CCCCN1. The Morgan fingerprint density at radius 3 is 2.72 bits per heavy atom. The second-order valence-electron chi connectivity index (χ2n) is 4.00. The molecule has 2 heterocycles. The molecular weight excluding hydrogens is 251 g/mol. The first kappa shape index (κ1) is 12.8. The fourth-order valence-corrected chi connectivity index (χ4v) is 1.72. The number of alkyl halides is 3. The van der Waals surface area contributed by atoms with Crippen LogP contribution < -0.4 is 10.6 Å². The van der Waals surface area contributed by atoms with Gasteiger partial charge in [0.05, 0.1) is 6.04 Å². The fourth-order valence-electron chi connectivity index (χ4n) is 1.72. The van der Waals surface area contributed by atoms with E-state index in [0.717, 1.165) is 19.4 Å². The highest BCUT2D eigenvalue weighted by Crippen LogP contribution is 2.26. The van der Waals surface area contributed by atoms with Gasteiger partial charge in [-0.3, -0.25) is 15.2 Å². The molecule has 3 N–H and O–H groups in total. The maximum absolute atomic E-state index is 12.2. The van der Waals surface area contributed by atoms with Gasteiger partial charge in [0.15, 0.2) is 0 Å². The van der Waals surface area contributed by atoms with Crippen LogP contribution in [0.4, 0.5) is 19.1 Å². The summed E-state index contributed by atoms with van der Waals surface area (Å²) in [6.07, 6.45) is -2.04. The molecule has 0 saturated carbocycles. The van der Waals surface area contributed by atoms with Gasteiger partial charge in [-0.2, -0.15) is 18.2 Å². The van der Waals surface area contributed by atoms with Crippen molar-refractivity contribution in [3.63, 3.8) is 0 Å². The molecule has 0 spiro atoms. The van der Waals surface area contributed by atoms with Crippen LogP contribution in [-0.2, 0) is 11.0 Å². The van der Waals surface area contributed by atoms with Crippen LogP contribution in [0, 0.1) is 0 Å². The first-order valence-corrected chi connectivity index (χ1v) is 5.50. The van der Waals surface area contributed by atoms with Crippen LogP contribution >= 0.6 is 0 Å². The number of carbonyl (C=O) groups is 1. The Morgan fingerprint density at radius 1 is 1.39 bits per heavy atom. The normalized spacial score (nSPS) is 20.7. The molecule has 6 nitrogen and oxygen atoms in total. The summed E-state index contributed by atoms with van der Waals surface area (Å²) in [4.78, 5) is 14.8. The summed E-state index contributed by atoms with van der Waals surface area (Å²) in [5.74, 6) is -2.00. The van der Waals surface area contributed by atoms with Crippen LogP contribution in [0.3, 0.4) is 0 Å². The smallest absolute Gasteiger partial charge is 0.306 e. The van der Waals surface area contributed by atoms with E-state index in [1.165, 1.54) is 0 Å². The Labute approximate surface area is 100 Å². The standard InChI is InChI=1S/C9H12F3N5O/c10-9(11,12)7-15-8(17-16-7)14-6(18)5-3-1-2-4-13-5/h5,13H,1-4H2,(H2,14,15,16,17,18). The second kappa shape index (κ2) is 4.92. The van der Waals surface area contributed by atoms with E-state index in [1.54, 1.807) is 5.10 Å². The molecule has 1 aliphatic heterocycles. The number of anilines is 1. The number of hydrogen-bond acceptors (Lipinski definition) is 4. The van der Waals surface area contributed by atoms with Gasteiger partial charge in [-0.15, -0.1) is 5.10 Å². The largest absolute Gasteiger partial charge is 0.451 e. The third-order valence-corrected chi connectivity index (χ3v) is 2.62. The van der Waals surface area contributed by atoms with Crippen molar-refractivity contribution in [2.45, 2.75) is 31.5 Å². The molecule has 0 aliphatic carbocycles. The number of rotatable bonds is 2. The molecule has 1 amide bonds. The molecule has 2 rings (SSSR count). The number of carbonyl (C=O) groups excluding carboxylic acids is 1. The zero-order valence-electron chi connectivity index (χ0n) is 9.34. The quantitative estimate of drug-likeness (QED) is 0.740. The van der Waals surface area contributed by atoms with Crippen molar-refractivity contribution < 1.29 is 18.0 Å². The topological polar surface area (TPSA) is 82.7 Å². The third-order valence-electron chi connectivity index (χ3n) is 2.62. The van der Waals surface area contributed by atoms with Crippen molar-refractivity contribution >= 4 is 11.9 Å². The van der Waals surface area contributed by atoms with Crippen molar-refractivity contribution in [1.29, 1.82) is 0 Å². The van der Waals surface area contributed by atoms with Crippen molar-refractivity contribution in [3.8, 4) is 0 Å². The summed E-state index contributed by atoms with van der Waals surface area (Å²) in [5, 5.41) is 10.3.